The van der Waals surface area contributed by atoms with Gasteiger partial charge in [-0.2, -0.15) is 0 Å². The summed E-state index contributed by atoms with van der Waals surface area (Å²) in [5, 5.41) is 3.64. The lowest BCUT2D eigenvalue weighted by atomic mass is 9.91. The molecule has 25 heavy (non-hydrogen) atoms. The molecule has 4 nitrogen and oxygen atoms in total. The number of fused-ring (bicyclic) bond motifs is 1. The van der Waals surface area contributed by atoms with Crippen molar-refractivity contribution in [3.8, 4) is 5.69 Å². The van der Waals surface area contributed by atoms with Crippen molar-refractivity contribution in [3.05, 3.63) is 59.6 Å². The highest BCUT2D eigenvalue weighted by Gasteiger charge is 2.17. The molecule has 0 bridgehead atoms. The SMILES string of the molecule is C=C(CC(C)(C)C)Nc1nc2ccc(Cl)nc2n1-c1ccc(F)cc1. The average Bonchev–Trinajstić information content (AvgIpc) is 2.83. The first-order valence-corrected chi connectivity index (χ1v) is 8.36. The standard InChI is InChI=1S/C19H20ClFN4/c1-12(11-19(2,3)4)22-18-23-15-9-10-16(20)24-17(15)25(18)14-7-5-13(21)6-8-14/h5-10H,1,11H2,2-4H3,(H,22,23). The molecule has 0 spiro atoms. The van der Waals surface area contributed by atoms with Crippen molar-refractivity contribution < 1.29 is 4.39 Å². The predicted octanol–water partition coefficient (Wildman–Crippen LogP) is 5.57. The quantitative estimate of drug-likeness (QED) is 0.619. The van der Waals surface area contributed by atoms with Crippen LogP contribution in [0.1, 0.15) is 27.2 Å². The number of hydrogen-bond acceptors (Lipinski definition) is 3. The van der Waals surface area contributed by atoms with Gasteiger partial charge in [0.2, 0.25) is 5.95 Å². The summed E-state index contributed by atoms with van der Waals surface area (Å²) in [4.78, 5) is 8.98. The van der Waals surface area contributed by atoms with Crippen molar-refractivity contribution in [3.63, 3.8) is 0 Å². The first kappa shape index (κ1) is 17.4. The van der Waals surface area contributed by atoms with Gasteiger partial charge in [0.15, 0.2) is 5.65 Å². The molecule has 6 heteroatoms. The highest BCUT2D eigenvalue weighted by atomic mass is 35.5. The Bertz CT molecular complexity index is 923. The largest absolute Gasteiger partial charge is 0.330 e. The molecule has 2 heterocycles. The summed E-state index contributed by atoms with van der Waals surface area (Å²) in [7, 11) is 0. The number of hydrogen-bond donors (Lipinski definition) is 1. The highest BCUT2D eigenvalue weighted by Crippen LogP contribution is 2.28. The van der Waals surface area contributed by atoms with E-state index in [9.17, 15) is 4.39 Å². The van der Waals surface area contributed by atoms with Gasteiger partial charge >= 0.3 is 0 Å². The van der Waals surface area contributed by atoms with Crippen LogP contribution >= 0.6 is 11.6 Å². The molecule has 2 aromatic heterocycles. The fraction of sp³-hybridized carbons (Fsp3) is 0.263. The second-order valence-electron chi connectivity index (χ2n) is 7.19. The second kappa shape index (κ2) is 6.48. The minimum atomic E-state index is -0.300. The van der Waals surface area contributed by atoms with Gasteiger partial charge in [-0.15, -0.1) is 0 Å². The molecule has 0 aliphatic rings. The van der Waals surface area contributed by atoms with Crippen molar-refractivity contribution in [2.24, 2.45) is 5.41 Å². The Hall–Kier alpha value is -2.40. The van der Waals surface area contributed by atoms with E-state index in [0.29, 0.717) is 22.3 Å². The summed E-state index contributed by atoms with van der Waals surface area (Å²) in [6.07, 6.45) is 0.786. The van der Waals surface area contributed by atoms with Crippen molar-refractivity contribution in [2.75, 3.05) is 5.32 Å². The smallest absolute Gasteiger partial charge is 0.214 e. The number of nitrogens with one attached hydrogen (secondary N) is 1. The molecule has 0 saturated heterocycles. The molecule has 130 valence electrons. The van der Waals surface area contributed by atoms with Gasteiger partial charge in [-0.1, -0.05) is 39.0 Å². The molecule has 0 aliphatic heterocycles. The topological polar surface area (TPSA) is 42.7 Å². The maximum atomic E-state index is 13.3. The summed E-state index contributed by atoms with van der Waals surface area (Å²) in [5.74, 6) is 0.274. The van der Waals surface area contributed by atoms with E-state index in [1.807, 2.05) is 10.6 Å². The molecule has 0 unspecified atom stereocenters. The maximum absolute atomic E-state index is 13.3. The number of imidazole rings is 1. The lowest BCUT2D eigenvalue weighted by molar-refractivity contribution is 0.411. The van der Waals surface area contributed by atoms with Gasteiger partial charge in [-0.05, 0) is 48.2 Å². The zero-order valence-electron chi connectivity index (χ0n) is 14.5. The Kier molecular flexibility index (Phi) is 4.52. The second-order valence-corrected chi connectivity index (χ2v) is 7.58. The van der Waals surface area contributed by atoms with Crippen LogP contribution in [-0.2, 0) is 0 Å². The summed E-state index contributed by atoms with van der Waals surface area (Å²) >= 11 is 6.06. The first-order valence-electron chi connectivity index (χ1n) is 7.99. The highest BCUT2D eigenvalue weighted by molar-refractivity contribution is 6.29. The Morgan fingerprint density at radius 2 is 1.84 bits per heavy atom. The van der Waals surface area contributed by atoms with Crippen LogP contribution in [0.25, 0.3) is 16.9 Å². The van der Waals surface area contributed by atoms with Gasteiger partial charge in [-0.25, -0.2) is 14.4 Å². The number of halogens is 2. The van der Waals surface area contributed by atoms with Gasteiger partial charge < -0.3 is 5.32 Å². The number of pyridine rings is 1. The number of rotatable bonds is 4. The number of aromatic nitrogens is 3. The third kappa shape index (κ3) is 3.99. The van der Waals surface area contributed by atoms with E-state index < -0.39 is 0 Å². The number of nitrogens with zero attached hydrogens (tertiary/aromatic N) is 3. The molecule has 0 aliphatic carbocycles. The molecular formula is C19H20ClFN4. The Morgan fingerprint density at radius 3 is 2.48 bits per heavy atom. The third-order valence-electron chi connectivity index (χ3n) is 3.59. The zero-order chi connectivity index (χ0) is 18.2. The molecule has 0 radical (unpaired) electrons. The zero-order valence-corrected chi connectivity index (χ0v) is 15.2. The molecular weight excluding hydrogens is 339 g/mol. The van der Waals surface area contributed by atoms with Crippen LogP contribution in [0.5, 0.6) is 0 Å². The first-order chi connectivity index (χ1) is 11.7. The number of anilines is 1. The van der Waals surface area contributed by atoms with Crippen LogP contribution in [0.4, 0.5) is 10.3 Å². The van der Waals surface area contributed by atoms with Crippen LogP contribution in [0, 0.1) is 11.2 Å². The molecule has 0 atom stereocenters. The lowest BCUT2D eigenvalue weighted by Gasteiger charge is -2.20. The lowest BCUT2D eigenvalue weighted by Crippen LogP contribution is -2.13. The predicted molar refractivity (Wildman–Crippen MR) is 101 cm³/mol. The molecule has 0 fully saturated rings. The van der Waals surface area contributed by atoms with Gasteiger partial charge in [-0.3, -0.25) is 4.57 Å². The molecule has 0 amide bonds. The maximum Gasteiger partial charge on any atom is 0.214 e. The van der Waals surface area contributed by atoms with Crippen LogP contribution in [0.3, 0.4) is 0 Å². The molecule has 1 N–H and O–H groups in total. The summed E-state index contributed by atoms with van der Waals surface area (Å²) in [6.45, 7) is 10.5. The van der Waals surface area contributed by atoms with Crippen molar-refractivity contribution >= 4 is 28.7 Å². The third-order valence-corrected chi connectivity index (χ3v) is 3.80. The van der Waals surface area contributed by atoms with Crippen LogP contribution in [-0.4, -0.2) is 14.5 Å². The fourth-order valence-corrected chi connectivity index (χ4v) is 2.84. The van der Waals surface area contributed by atoms with E-state index in [0.717, 1.165) is 17.8 Å². The van der Waals surface area contributed by atoms with E-state index in [4.69, 9.17) is 11.6 Å². The monoisotopic (exact) mass is 358 g/mol. The van der Waals surface area contributed by atoms with Gasteiger partial charge in [0.1, 0.15) is 16.5 Å². The Morgan fingerprint density at radius 1 is 1.16 bits per heavy atom. The van der Waals surface area contributed by atoms with E-state index in [2.05, 4.69) is 42.6 Å². The van der Waals surface area contributed by atoms with E-state index in [-0.39, 0.29) is 11.2 Å². The molecule has 3 aromatic rings. The minimum absolute atomic E-state index is 0.0956. The summed E-state index contributed by atoms with van der Waals surface area (Å²) < 4.78 is 15.1. The molecule has 3 rings (SSSR count). The Balaban J connectivity index is 2.09. The van der Waals surface area contributed by atoms with E-state index >= 15 is 0 Å². The molecule has 0 saturated carbocycles. The van der Waals surface area contributed by atoms with Crippen LogP contribution < -0.4 is 5.32 Å². The van der Waals surface area contributed by atoms with Gasteiger partial charge in [0, 0.05) is 5.70 Å². The number of allylic oxidation sites excluding steroid dienone is 1. The van der Waals surface area contributed by atoms with Gasteiger partial charge in [0.25, 0.3) is 0 Å². The number of benzene rings is 1. The van der Waals surface area contributed by atoms with Crippen molar-refractivity contribution in [2.45, 2.75) is 27.2 Å². The summed E-state index contributed by atoms with van der Waals surface area (Å²) in [5.41, 5.74) is 2.98. The Labute approximate surface area is 151 Å². The minimum Gasteiger partial charge on any atom is -0.330 e. The van der Waals surface area contributed by atoms with E-state index in [1.54, 1.807) is 18.2 Å². The average molecular weight is 359 g/mol. The van der Waals surface area contributed by atoms with Gasteiger partial charge in [0.05, 0.1) is 5.69 Å². The molecule has 1 aromatic carbocycles. The van der Waals surface area contributed by atoms with Crippen molar-refractivity contribution in [1.82, 2.24) is 14.5 Å². The van der Waals surface area contributed by atoms with Crippen LogP contribution in [0.15, 0.2) is 48.7 Å². The van der Waals surface area contributed by atoms with Crippen LogP contribution in [0.2, 0.25) is 5.15 Å². The normalized spacial score (nSPS) is 11.7. The fourth-order valence-electron chi connectivity index (χ4n) is 2.70. The summed E-state index contributed by atoms with van der Waals surface area (Å²) in [6, 6.07) is 9.66. The van der Waals surface area contributed by atoms with Crippen molar-refractivity contribution in [1.29, 1.82) is 0 Å². The van der Waals surface area contributed by atoms with E-state index in [1.165, 1.54) is 12.1 Å².